The molecule has 0 spiro atoms. The van der Waals surface area contributed by atoms with E-state index in [4.69, 9.17) is 9.47 Å². The Hall–Kier alpha value is -1.43. The van der Waals surface area contributed by atoms with Gasteiger partial charge in [-0.3, -0.25) is 4.79 Å². The van der Waals surface area contributed by atoms with Gasteiger partial charge in [-0.25, -0.2) is 0 Å². The number of carbonyl (C=O) groups is 1. The smallest absolute Gasteiger partial charge is 0.223 e. The predicted octanol–water partition coefficient (Wildman–Crippen LogP) is 2.51. The lowest BCUT2D eigenvalue weighted by molar-refractivity contribution is -0.140. The van der Waals surface area contributed by atoms with E-state index in [0.29, 0.717) is 26.1 Å². The van der Waals surface area contributed by atoms with Gasteiger partial charge in [-0.05, 0) is 37.7 Å². The van der Waals surface area contributed by atoms with Crippen molar-refractivity contribution in [2.75, 3.05) is 20.3 Å². The SMILES string of the molecule is CO[C@@]12CC[C@H](O)C[C@@H]1N(C(=O)CCCOCc1ccccc1)CC2. The molecule has 0 aromatic heterocycles. The van der Waals surface area contributed by atoms with Crippen LogP contribution >= 0.6 is 0 Å². The summed E-state index contributed by atoms with van der Waals surface area (Å²) in [4.78, 5) is 14.6. The van der Waals surface area contributed by atoms with Crippen LogP contribution in [0.5, 0.6) is 0 Å². The number of likely N-dealkylation sites (tertiary alicyclic amines) is 1. The fraction of sp³-hybridized carbons (Fsp3) is 0.650. The number of fused-ring (bicyclic) bond motifs is 1. The summed E-state index contributed by atoms with van der Waals surface area (Å²) in [5, 5.41) is 10.0. The zero-order valence-corrected chi connectivity index (χ0v) is 15.0. The zero-order chi connectivity index (χ0) is 17.7. The summed E-state index contributed by atoms with van der Waals surface area (Å²) in [6, 6.07) is 10.1. The van der Waals surface area contributed by atoms with E-state index in [2.05, 4.69) is 0 Å². The summed E-state index contributed by atoms with van der Waals surface area (Å²) in [5.74, 6) is 0.154. The molecule has 1 heterocycles. The van der Waals surface area contributed by atoms with E-state index in [1.807, 2.05) is 35.2 Å². The highest BCUT2D eigenvalue weighted by Gasteiger charge is 2.52. The lowest BCUT2D eigenvalue weighted by Crippen LogP contribution is -2.52. The molecule has 1 aliphatic heterocycles. The molecule has 5 heteroatoms. The van der Waals surface area contributed by atoms with E-state index in [9.17, 15) is 9.90 Å². The van der Waals surface area contributed by atoms with Gasteiger partial charge in [-0.1, -0.05) is 30.3 Å². The van der Waals surface area contributed by atoms with E-state index in [1.54, 1.807) is 7.11 Å². The molecule has 138 valence electrons. The third-order valence-electron chi connectivity index (χ3n) is 5.67. The van der Waals surface area contributed by atoms with Crippen molar-refractivity contribution >= 4 is 5.91 Å². The summed E-state index contributed by atoms with van der Waals surface area (Å²) >= 11 is 0. The molecule has 1 N–H and O–H groups in total. The van der Waals surface area contributed by atoms with E-state index < -0.39 is 0 Å². The monoisotopic (exact) mass is 347 g/mol. The Balaban J connectivity index is 1.43. The molecule has 0 unspecified atom stereocenters. The molecule has 0 bridgehead atoms. The quantitative estimate of drug-likeness (QED) is 0.770. The maximum Gasteiger partial charge on any atom is 0.223 e. The van der Waals surface area contributed by atoms with Gasteiger partial charge in [0, 0.05) is 26.7 Å². The highest BCUT2D eigenvalue weighted by molar-refractivity contribution is 5.77. The lowest BCUT2D eigenvalue weighted by atomic mass is 9.79. The highest BCUT2D eigenvalue weighted by Crippen LogP contribution is 2.42. The van der Waals surface area contributed by atoms with Crippen LogP contribution in [0.25, 0.3) is 0 Å². The maximum absolute atomic E-state index is 12.6. The van der Waals surface area contributed by atoms with Gasteiger partial charge in [0.2, 0.25) is 5.91 Å². The standard InChI is InChI=1S/C20H29NO4/c1-24-20-10-9-17(22)14-18(20)21(12-11-20)19(23)8-5-13-25-15-16-6-3-2-4-7-16/h2-4,6-7,17-18,22H,5,8-15H2,1H3/t17-,18-,20+/m0/s1. The van der Waals surface area contributed by atoms with Crippen LogP contribution in [-0.2, 0) is 20.9 Å². The largest absolute Gasteiger partial charge is 0.393 e. The van der Waals surface area contributed by atoms with Crippen molar-refractivity contribution in [2.45, 2.75) is 62.9 Å². The Bertz CT molecular complexity index is 564. The number of aliphatic hydroxyl groups is 1. The zero-order valence-electron chi connectivity index (χ0n) is 15.0. The normalized spacial score (nSPS) is 28.8. The van der Waals surface area contributed by atoms with E-state index in [1.165, 1.54) is 0 Å². The fourth-order valence-electron chi connectivity index (χ4n) is 4.21. The molecule has 1 aromatic rings. The highest BCUT2D eigenvalue weighted by atomic mass is 16.5. The van der Waals surface area contributed by atoms with E-state index in [0.717, 1.165) is 37.8 Å². The van der Waals surface area contributed by atoms with Gasteiger partial charge in [0.1, 0.15) is 0 Å². The van der Waals surface area contributed by atoms with Crippen molar-refractivity contribution in [3.05, 3.63) is 35.9 Å². The molecule has 3 atom stereocenters. The molecule has 25 heavy (non-hydrogen) atoms. The number of aliphatic hydroxyl groups excluding tert-OH is 1. The lowest BCUT2D eigenvalue weighted by Gasteiger charge is -2.42. The molecule has 1 amide bonds. The second-order valence-electron chi connectivity index (χ2n) is 7.19. The second kappa shape index (κ2) is 8.30. The third kappa shape index (κ3) is 4.22. The minimum absolute atomic E-state index is 0.0130. The molecule has 2 fully saturated rings. The molecule has 2 aliphatic rings. The first-order valence-electron chi connectivity index (χ1n) is 9.29. The number of carbonyl (C=O) groups excluding carboxylic acids is 1. The molecular formula is C20H29NO4. The number of methoxy groups -OCH3 is 1. The van der Waals surface area contributed by atoms with Crippen LogP contribution in [0, 0.1) is 0 Å². The van der Waals surface area contributed by atoms with Gasteiger partial charge in [-0.2, -0.15) is 0 Å². The molecular weight excluding hydrogens is 318 g/mol. The Morgan fingerprint density at radius 3 is 2.88 bits per heavy atom. The Morgan fingerprint density at radius 2 is 2.12 bits per heavy atom. The third-order valence-corrected chi connectivity index (χ3v) is 5.67. The molecule has 0 radical (unpaired) electrons. The van der Waals surface area contributed by atoms with Gasteiger partial charge in [0.25, 0.3) is 0 Å². The van der Waals surface area contributed by atoms with Crippen LogP contribution in [0.15, 0.2) is 30.3 Å². The summed E-state index contributed by atoms with van der Waals surface area (Å²) in [7, 11) is 1.73. The summed E-state index contributed by atoms with van der Waals surface area (Å²) in [6.07, 6.45) is 3.98. The van der Waals surface area contributed by atoms with Gasteiger partial charge < -0.3 is 19.5 Å². The van der Waals surface area contributed by atoms with Crippen molar-refractivity contribution in [3.8, 4) is 0 Å². The first-order valence-corrected chi connectivity index (χ1v) is 9.29. The number of nitrogens with zero attached hydrogens (tertiary/aromatic N) is 1. The van der Waals surface area contributed by atoms with Crippen LogP contribution in [0.2, 0.25) is 0 Å². The molecule has 1 saturated heterocycles. The van der Waals surface area contributed by atoms with E-state index in [-0.39, 0.29) is 23.7 Å². The van der Waals surface area contributed by atoms with Crippen LogP contribution in [0.4, 0.5) is 0 Å². The van der Waals surface area contributed by atoms with Crippen molar-refractivity contribution in [2.24, 2.45) is 0 Å². The van der Waals surface area contributed by atoms with Gasteiger partial charge in [0.15, 0.2) is 0 Å². The van der Waals surface area contributed by atoms with Gasteiger partial charge in [0.05, 0.1) is 24.4 Å². The second-order valence-corrected chi connectivity index (χ2v) is 7.19. The van der Waals surface area contributed by atoms with Crippen molar-refractivity contribution in [3.63, 3.8) is 0 Å². The number of ether oxygens (including phenoxy) is 2. The minimum atomic E-state index is -0.323. The Labute approximate surface area is 149 Å². The number of benzene rings is 1. The number of hydrogen-bond donors (Lipinski definition) is 1. The van der Waals surface area contributed by atoms with Crippen LogP contribution < -0.4 is 0 Å². The molecule has 1 aliphatic carbocycles. The number of hydrogen-bond acceptors (Lipinski definition) is 4. The van der Waals surface area contributed by atoms with Crippen LogP contribution in [0.1, 0.15) is 44.1 Å². The topological polar surface area (TPSA) is 59.0 Å². The molecule has 3 rings (SSSR count). The van der Waals surface area contributed by atoms with Gasteiger partial charge >= 0.3 is 0 Å². The summed E-state index contributed by atoms with van der Waals surface area (Å²) in [6.45, 7) is 1.90. The predicted molar refractivity (Wildman–Crippen MR) is 95.0 cm³/mol. The van der Waals surface area contributed by atoms with Crippen LogP contribution in [0.3, 0.4) is 0 Å². The van der Waals surface area contributed by atoms with Crippen molar-refractivity contribution < 1.29 is 19.4 Å². The minimum Gasteiger partial charge on any atom is -0.393 e. The first-order chi connectivity index (χ1) is 12.1. The Kier molecular flexibility index (Phi) is 6.10. The summed E-state index contributed by atoms with van der Waals surface area (Å²) in [5.41, 5.74) is 0.896. The van der Waals surface area contributed by atoms with Crippen LogP contribution in [-0.4, -0.2) is 53.9 Å². The van der Waals surface area contributed by atoms with Crippen molar-refractivity contribution in [1.29, 1.82) is 0 Å². The van der Waals surface area contributed by atoms with Crippen molar-refractivity contribution in [1.82, 2.24) is 4.90 Å². The first kappa shape index (κ1) is 18.4. The average Bonchev–Trinajstić information content (AvgIpc) is 3.01. The Morgan fingerprint density at radius 1 is 1.32 bits per heavy atom. The fourth-order valence-corrected chi connectivity index (χ4v) is 4.21. The van der Waals surface area contributed by atoms with E-state index >= 15 is 0 Å². The number of amides is 1. The molecule has 5 nitrogen and oxygen atoms in total. The molecule has 1 aromatic carbocycles. The number of rotatable bonds is 7. The maximum atomic E-state index is 12.6. The molecule has 1 saturated carbocycles. The van der Waals surface area contributed by atoms with Gasteiger partial charge in [-0.15, -0.1) is 0 Å². The summed E-state index contributed by atoms with van der Waals surface area (Å²) < 4.78 is 11.5. The average molecular weight is 347 g/mol.